The SMILES string of the molecule is C1=CC(C=NCCc2c[nH]c3ccccc23)C=C1. The van der Waals surface area contributed by atoms with Gasteiger partial charge in [0.25, 0.3) is 0 Å². The average Bonchev–Trinajstić information content (AvgIpc) is 3.04. The second-order valence-corrected chi connectivity index (χ2v) is 4.51. The van der Waals surface area contributed by atoms with E-state index in [0.717, 1.165) is 13.0 Å². The Morgan fingerprint density at radius 1 is 1.17 bits per heavy atom. The molecular formula is C16H16N2. The molecule has 1 aromatic carbocycles. The van der Waals surface area contributed by atoms with E-state index in [9.17, 15) is 0 Å². The lowest BCUT2D eigenvalue weighted by Crippen LogP contribution is -1.94. The van der Waals surface area contributed by atoms with Crippen molar-refractivity contribution in [1.29, 1.82) is 0 Å². The van der Waals surface area contributed by atoms with Crippen LogP contribution < -0.4 is 0 Å². The smallest absolute Gasteiger partial charge is 0.0456 e. The normalized spacial score (nSPS) is 15.3. The van der Waals surface area contributed by atoms with Crippen LogP contribution in [0.25, 0.3) is 10.9 Å². The fourth-order valence-corrected chi connectivity index (χ4v) is 2.27. The zero-order valence-electron chi connectivity index (χ0n) is 10.2. The van der Waals surface area contributed by atoms with Crippen LogP contribution in [0.1, 0.15) is 5.56 Å². The van der Waals surface area contributed by atoms with E-state index in [4.69, 9.17) is 0 Å². The fraction of sp³-hybridized carbons (Fsp3) is 0.188. The van der Waals surface area contributed by atoms with Gasteiger partial charge in [0.05, 0.1) is 0 Å². The van der Waals surface area contributed by atoms with E-state index in [1.807, 2.05) is 6.21 Å². The molecule has 1 aliphatic rings. The molecule has 0 amide bonds. The highest BCUT2D eigenvalue weighted by Gasteiger charge is 2.02. The summed E-state index contributed by atoms with van der Waals surface area (Å²) >= 11 is 0. The molecular weight excluding hydrogens is 220 g/mol. The highest BCUT2D eigenvalue weighted by molar-refractivity contribution is 5.83. The number of allylic oxidation sites excluding steroid dienone is 4. The van der Waals surface area contributed by atoms with Gasteiger partial charge in [-0.05, 0) is 18.1 Å². The highest BCUT2D eigenvalue weighted by atomic mass is 14.7. The number of para-hydroxylation sites is 1. The number of rotatable bonds is 4. The lowest BCUT2D eigenvalue weighted by Gasteiger charge is -1.97. The Bertz CT molecular complexity index is 605. The molecule has 2 nitrogen and oxygen atoms in total. The molecule has 0 saturated heterocycles. The number of hydrogen-bond acceptors (Lipinski definition) is 1. The number of aromatic nitrogens is 1. The number of H-pyrrole nitrogens is 1. The van der Waals surface area contributed by atoms with E-state index < -0.39 is 0 Å². The van der Waals surface area contributed by atoms with Gasteiger partial charge in [0, 0.05) is 35.8 Å². The quantitative estimate of drug-likeness (QED) is 0.787. The number of fused-ring (bicyclic) bond motifs is 1. The summed E-state index contributed by atoms with van der Waals surface area (Å²) in [6, 6.07) is 8.40. The molecule has 90 valence electrons. The van der Waals surface area contributed by atoms with E-state index in [-0.39, 0.29) is 0 Å². The number of aliphatic imine (C=N–C) groups is 1. The summed E-state index contributed by atoms with van der Waals surface area (Å²) in [6.07, 6.45) is 13.5. The summed E-state index contributed by atoms with van der Waals surface area (Å²) in [5, 5.41) is 1.31. The first-order valence-electron chi connectivity index (χ1n) is 6.33. The number of aromatic amines is 1. The van der Waals surface area contributed by atoms with E-state index in [1.165, 1.54) is 16.5 Å². The van der Waals surface area contributed by atoms with Crippen LogP contribution in [0, 0.1) is 5.92 Å². The monoisotopic (exact) mass is 236 g/mol. The minimum atomic E-state index is 0.396. The van der Waals surface area contributed by atoms with Crippen molar-refractivity contribution in [1.82, 2.24) is 4.98 Å². The summed E-state index contributed by atoms with van der Waals surface area (Å²) in [5.41, 5.74) is 2.55. The molecule has 0 unspecified atom stereocenters. The van der Waals surface area contributed by atoms with Crippen LogP contribution in [0.3, 0.4) is 0 Å². The van der Waals surface area contributed by atoms with Crippen LogP contribution >= 0.6 is 0 Å². The van der Waals surface area contributed by atoms with Crippen molar-refractivity contribution in [2.24, 2.45) is 10.9 Å². The Morgan fingerprint density at radius 2 is 2.00 bits per heavy atom. The van der Waals surface area contributed by atoms with Crippen LogP contribution in [-0.2, 0) is 6.42 Å². The van der Waals surface area contributed by atoms with Gasteiger partial charge in [-0.3, -0.25) is 4.99 Å². The minimum absolute atomic E-state index is 0.396. The summed E-state index contributed by atoms with van der Waals surface area (Å²) in [4.78, 5) is 7.79. The molecule has 0 saturated carbocycles. The van der Waals surface area contributed by atoms with Crippen LogP contribution in [0.2, 0.25) is 0 Å². The molecule has 2 aromatic rings. The topological polar surface area (TPSA) is 28.1 Å². The van der Waals surface area contributed by atoms with E-state index >= 15 is 0 Å². The largest absolute Gasteiger partial charge is 0.361 e. The van der Waals surface area contributed by atoms with E-state index in [2.05, 4.69) is 64.7 Å². The maximum absolute atomic E-state index is 4.49. The van der Waals surface area contributed by atoms with Crippen molar-refractivity contribution in [2.75, 3.05) is 6.54 Å². The summed E-state index contributed by atoms with van der Waals surface area (Å²) in [6.45, 7) is 0.847. The average molecular weight is 236 g/mol. The molecule has 0 fully saturated rings. The Hall–Kier alpha value is -2.09. The molecule has 2 heteroatoms. The van der Waals surface area contributed by atoms with Gasteiger partial charge in [-0.15, -0.1) is 0 Å². The van der Waals surface area contributed by atoms with Crippen molar-refractivity contribution in [3.63, 3.8) is 0 Å². The standard InChI is InChI=1S/C16H16N2/c1-2-6-13(5-1)11-17-10-9-14-12-18-16-8-4-3-7-15(14)16/h1-8,11-13,18H,9-10H2. The lowest BCUT2D eigenvalue weighted by molar-refractivity contribution is 0.969. The maximum Gasteiger partial charge on any atom is 0.0456 e. The predicted molar refractivity (Wildman–Crippen MR) is 77.1 cm³/mol. The molecule has 0 bridgehead atoms. The third-order valence-corrected chi connectivity index (χ3v) is 3.24. The first kappa shape index (κ1) is 11.0. The van der Waals surface area contributed by atoms with Gasteiger partial charge in [-0.1, -0.05) is 42.5 Å². The van der Waals surface area contributed by atoms with Gasteiger partial charge in [0.2, 0.25) is 0 Å². The Labute approximate surface area is 107 Å². The fourth-order valence-electron chi connectivity index (χ4n) is 2.27. The van der Waals surface area contributed by atoms with E-state index in [0.29, 0.717) is 5.92 Å². The number of nitrogens with zero attached hydrogens (tertiary/aromatic N) is 1. The number of nitrogens with one attached hydrogen (secondary N) is 1. The molecule has 1 aliphatic carbocycles. The van der Waals surface area contributed by atoms with Crippen LogP contribution in [0.5, 0.6) is 0 Å². The van der Waals surface area contributed by atoms with Gasteiger partial charge < -0.3 is 4.98 Å². The molecule has 1 N–H and O–H groups in total. The summed E-state index contributed by atoms with van der Waals surface area (Å²) in [5.74, 6) is 0.396. The van der Waals surface area contributed by atoms with Crippen molar-refractivity contribution < 1.29 is 0 Å². The molecule has 0 spiro atoms. The summed E-state index contributed by atoms with van der Waals surface area (Å²) < 4.78 is 0. The molecule has 1 heterocycles. The molecule has 0 aliphatic heterocycles. The third-order valence-electron chi connectivity index (χ3n) is 3.24. The zero-order valence-corrected chi connectivity index (χ0v) is 10.2. The van der Waals surface area contributed by atoms with Crippen LogP contribution in [-0.4, -0.2) is 17.7 Å². The zero-order chi connectivity index (χ0) is 12.2. The van der Waals surface area contributed by atoms with Gasteiger partial charge in [0.1, 0.15) is 0 Å². The predicted octanol–water partition coefficient (Wildman–Crippen LogP) is 3.52. The van der Waals surface area contributed by atoms with Crippen molar-refractivity contribution in [3.8, 4) is 0 Å². The second kappa shape index (κ2) is 5.05. The molecule has 18 heavy (non-hydrogen) atoms. The first-order chi connectivity index (χ1) is 8.93. The molecule has 3 rings (SSSR count). The van der Waals surface area contributed by atoms with Gasteiger partial charge >= 0.3 is 0 Å². The van der Waals surface area contributed by atoms with Gasteiger partial charge in [-0.25, -0.2) is 0 Å². The Balaban J connectivity index is 1.63. The van der Waals surface area contributed by atoms with Crippen LogP contribution in [0.4, 0.5) is 0 Å². The third kappa shape index (κ3) is 2.28. The molecule has 0 atom stereocenters. The van der Waals surface area contributed by atoms with Crippen molar-refractivity contribution in [3.05, 3.63) is 60.3 Å². The Kier molecular flexibility index (Phi) is 3.09. The second-order valence-electron chi connectivity index (χ2n) is 4.51. The number of benzene rings is 1. The van der Waals surface area contributed by atoms with Crippen LogP contribution in [0.15, 0.2) is 59.8 Å². The van der Waals surface area contributed by atoms with Gasteiger partial charge in [0.15, 0.2) is 0 Å². The Morgan fingerprint density at radius 3 is 2.89 bits per heavy atom. The first-order valence-corrected chi connectivity index (χ1v) is 6.33. The lowest BCUT2D eigenvalue weighted by atomic mass is 10.1. The molecule has 1 aromatic heterocycles. The van der Waals surface area contributed by atoms with Crippen molar-refractivity contribution >= 4 is 17.1 Å². The minimum Gasteiger partial charge on any atom is -0.361 e. The maximum atomic E-state index is 4.49. The molecule has 0 radical (unpaired) electrons. The van der Waals surface area contributed by atoms with Gasteiger partial charge in [-0.2, -0.15) is 0 Å². The van der Waals surface area contributed by atoms with Crippen molar-refractivity contribution in [2.45, 2.75) is 6.42 Å². The van der Waals surface area contributed by atoms with E-state index in [1.54, 1.807) is 0 Å². The number of hydrogen-bond donors (Lipinski definition) is 1. The summed E-state index contributed by atoms with van der Waals surface area (Å²) in [7, 11) is 0. The highest BCUT2D eigenvalue weighted by Crippen LogP contribution is 2.18.